The van der Waals surface area contributed by atoms with Gasteiger partial charge in [-0.1, -0.05) is 19.9 Å². The monoisotopic (exact) mass is 138 g/mol. The Morgan fingerprint density at radius 3 is 2.60 bits per heavy atom. The standard InChI is InChI=1S/C10H18/c1-4-10(5-2)7-6-9(3)8-10/h4,9H,1,5-8H2,2-3H3. The van der Waals surface area contributed by atoms with Crippen LogP contribution in [0.15, 0.2) is 12.7 Å². The molecule has 0 amide bonds. The van der Waals surface area contributed by atoms with Crippen LogP contribution in [0, 0.1) is 11.3 Å². The largest absolute Gasteiger partial charge is 0.103 e. The minimum Gasteiger partial charge on any atom is -0.103 e. The van der Waals surface area contributed by atoms with Crippen LogP contribution in [0.3, 0.4) is 0 Å². The molecule has 0 radical (unpaired) electrons. The highest BCUT2D eigenvalue weighted by Crippen LogP contribution is 2.44. The fraction of sp³-hybridized carbons (Fsp3) is 0.800. The average molecular weight is 138 g/mol. The van der Waals surface area contributed by atoms with Crippen LogP contribution in [-0.4, -0.2) is 0 Å². The fourth-order valence-corrected chi connectivity index (χ4v) is 2.08. The van der Waals surface area contributed by atoms with Gasteiger partial charge in [-0.2, -0.15) is 0 Å². The zero-order chi connectivity index (χ0) is 7.61. The van der Waals surface area contributed by atoms with Crippen molar-refractivity contribution in [1.82, 2.24) is 0 Å². The first-order chi connectivity index (χ1) is 4.72. The third-order valence-corrected chi connectivity index (χ3v) is 3.03. The van der Waals surface area contributed by atoms with Gasteiger partial charge in [-0.15, -0.1) is 6.58 Å². The molecule has 1 saturated carbocycles. The predicted molar refractivity (Wildman–Crippen MR) is 45.9 cm³/mol. The third kappa shape index (κ3) is 1.25. The highest BCUT2D eigenvalue weighted by molar-refractivity contribution is 4.98. The van der Waals surface area contributed by atoms with E-state index in [9.17, 15) is 0 Å². The predicted octanol–water partition coefficient (Wildman–Crippen LogP) is 3.39. The second kappa shape index (κ2) is 2.77. The molecule has 0 aliphatic heterocycles. The van der Waals surface area contributed by atoms with Gasteiger partial charge in [-0.3, -0.25) is 0 Å². The fourth-order valence-electron chi connectivity index (χ4n) is 2.08. The van der Waals surface area contributed by atoms with Crippen LogP contribution in [0.5, 0.6) is 0 Å². The molecule has 58 valence electrons. The molecular formula is C10H18. The summed E-state index contributed by atoms with van der Waals surface area (Å²) in [6.45, 7) is 8.55. The number of hydrogen-bond donors (Lipinski definition) is 0. The number of hydrogen-bond acceptors (Lipinski definition) is 0. The van der Waals surface area contributed by atoms with Gasteiger partial charge in [0.2, 0.25) is 0 Å². The number of allylic oxidation sites excluding steroid dienone is 1. The summed E-state index contributed by atoms with van der Waals surface area (Å²) in [4.78, 5) is 0. The van der Waals surface area contributed by atoms with E-state index in [1.807, 2.05) is 0 Å². The zero-order valence-corrected chi connectivity index (χ0v) is 7.19. The van der Waals surface area contributed by atoms with Crippen LogP contribution in [-0.2, 0) is 0 Å². The summed E-state index contributed by atoms with van der Waals surface area (Å²) in [5, 5.41) is 0. The van der Waals surface area contributed by atoms with Crippen LogP contribution in [0.2, 0.25) is 0 Å². The van der Waals surface area contributed by atoms with Crippen LogP contribution in [0.25, 0.3) is 0 Å². The first kappa shape index (κ1) is 7.84. The molecule has 0 aromatic carbocycles. The summed E-state index contributed by atoms with van der Waals surface area (Å²) in [5.74, 6) is 0.929. The first-order valence-electron chi connectivity index (χ1n) is 4.36. The summed E-state index contributed by atoms with van der Waals surface area (Å²) in [6.07, 6.45) is 7.60. The molecule has 0 spiro atoms. The first-order valence-corrected chi connectivity index (χ1v) is 4.36. The summed E-state index contributed by atoms with van der Waals surface area (Å²) in [7, 11) is 0. The van der Waals surface area contributed by atoms with Gasteiger partial charge < -0.3 is 0 Å². The molecule has 1 aliphatic carbocycles. The molecule has 1 aliphatic rings. The van der Waals surface area contributed by atoms with Crippen LogP contribution in [0.4, 0.5) is 0 Å². The maximum absolute atomic E-state index is 3.92. The second-order valence-electron chi connectivity index (χ2n) is 3.77. The van der Waals surface area contributed by atoms with E-state index in [4.69, 9.17) is 0 Å². The smallest absolute Gasteiger partial charge is 0.0121 e. The van der Waals surface area contributed by atoms with E-state index < -0.39 is 0 Å². The van der Waals surface area contributed by atoms with Crippen molar-refractivity contribution in [2.75, 3.05) is 0 Å². The highest BCUT2D eigenvalue weighted by atomic mass is 14.4. The van der Waals surface area contributed by atoms with Crippen molar-refractivity contribution < 1.29 is 0 Å². The van der Waals surface area contributed by atoms with Crippen molar-refractivity contribution in [1.29, 1.82) is 0 Å². The normalized spacial score (nSPS) is 40.0. The van der Waals surface area contributed by atoms with Crippen molar-refractivity contribution in [3.8, 4) is 0 Å². The summed E-state index contributed by atoms with van der Waals surface area (Å²) in [5.41, 5.74) is 0.513. The van der Waals surface area contributed by atoms with Gasteiger partial charge in [0.25, 0.3) is 0 Å². The van der Waals surface area contributed by atoms with Crippen molar-refractivity contribution >= 4 is 0 Å². The Bertz CT molecular complexity index is 126. The molecule has 0 N–H and O–H groups in total. The Labute approximate surface area is 64.3 Å². The lowest BCUT2D eigenvalue weighted by Gasteiger charge is -2.22. The minimum absolute atomic E-state index is 0.513. The van der Waals surface area contributed by atoms with Crippen molar-refractivity contribution in [3.05, 3.63) is 12.7 Å². The van der Waals surface area contributed by atoms with E-state index in [2.05, 4.69) is 26.5 Å². The van der Waals surface area contributed by atoms with Gasteiger partial charge in [0.05, 0.1) is 0 Å². The highest BCUT2D eigenvalue weighted by Gasteiger charge is 2.32. The Morgan fingerprint density at radius 2 is 2.40 bits per heavy atom. The van der Waals surface area contributed by atoms with E-state index in [-0.39, 0.29) is 0 Å². The Balaban J connectivity index is 2.59. The molecule has 0 bridgehead atoms. The zero-order valence-electron chi connectivity index (χ0n) is 7.19. The minimum atomic E-state index is 0.513. The lowest BCUT2D eigenvalue weighted by atomic mass is 9.83. The quantitative estimate of drug-likeness (QED) is 0.513. The lowest BCUT2D eigenvalue weighted by Crippen LogP contribution is -2.10. The SMILES string of the molecule is C=CC1(CC)CCC(C)C1. The average Bonchev–Trinajstić information content (AvgIpc) is 2.33. The van der Waals surface area contributed by atoms with E-state index in [1.165, 1.54) is 25.7 Å². The topological polar surface area (TPSA) is 0 Å². The van der Waals surface area contributed by atoms with Gasteiger partial charge in [-0.25, -0.2) is 0 Å². The molecule has 2 atom stereocenters. The lowest BCUT2D eigenvalue weighted by molar-refractivity contribution is 0.367. The molecule has 0 aromatic rings. The van der Waals surface area contributed by atoms with E-state index in [1.54, 1.807) is 0 Å². The molecule has 0 saturated heterocycles. The van der Waals surface area contributed by atoms with Crippen LogP contribution in [0.1, 0.15) is 39.5 Å². The molecule has 0 heteroatoms. The molecule has 0 nitrogen and oxygen atoms in total. The van der Waals surface area contributed by atoms with Crippen molar-refractivity contribution in [3.63, 3.8) is 0 Å². The summed E-state index contributed by atoms with van der Waals surface area (Å²) >= 11 is 0. The second-order valence-corrected chi connectivity index (χ2v) is 3.77. The molecular weight excluding hydrogens is 120 g/mol. The van der Waals surface area contributed by atoms with Crippen molar-refractivity contribution in [2.24, 2.45) is 11.3 Å². The van der Waals surface area contributed by atoms with E-state index in [0.29, 0.717) is 5.41 Å². The Kier molecular flexibility index (Phi) is 2.18. The van der Waals surface area contributed by atoms with Crippen LogP contribution >= 0.6 is 0 Å². The molecule has 0 aromatic heterocycles. The van der Waals surface area contributed by atoms with Gasteiger partial charge in [0, 0.05) is 0 Å². The maximum atomic E-state index is 3.92. The van der Waals surface area contributed by atoms with Crippen LogP contribution < -0.4 is 0 Å². The van der Waals surface area contributed by atoms with Gasteiger partial charge in [-0.05, 0) is 37.0 Å². The maximum Gasteiger partial charge on any atom is -0.0121 e. The van der Waals surface area contributed by atoms with E-state index in [0.717, 1.165) is 5.92 Å². The van der Waals surface area contributed by atoms with E-state index >= 15 is 0 Å². The van der Waals surface area contributed by atoms with Gasteiger partial charge >= 0.3 is 0 Å². The molecule has 2 unspecified atom stereocenters. The van der Waals surface area contributed by atoms with Crippen molar-refractivity contribution in [2.45, 2.75) is 39.5 Å². The summed E-state index contributed by atoms with van der Waals surface area (Å²) < 4.78 is 0. The Morgan fingerprint density at radius 1 is 1.70 bits per heavy atom. The summed E-state index contributed by atoms with van der Waals surface area (Å²) in [6, 6.07) is 0. The van der Waals surface area contributed by atoms with Gasteiger partial charge in [0.1, 0.15) is 0 Å². The third-order valence-electron chi connectivity index (χ3n) is 3.03. The Hall–Kier alpha value is -0.260. The van der Waals surface area contributed by atoms with Gasteiger partial charge in [0.15, 0.2) is 0 Å². The molecule has 1 fully saturated rings. The molecule has 1 rings (SSSR count). The molecule has 10 heavy (non-hydrogen) atoms. The number of rotatable bonds is 2. The molecule has 0 heterocycles.